The topological polar surface area (TPSA) is 38.9 Å². The predicted molar refractivity (Wildman–Crippen MR) is 219 cm³/mol. The Balaban J connectivity index is 1.16. The van der Waals surface area contributed by atoms with Crippen LogP contribution in [0.1, 0.15) is 0 Å². The van der Waals surface area contributed by atoms with E-state index in [4.69, 9.17) is 14.4 Å². The molecule has 0 saturated heterocycles. The summed E-state index contributed by atoms with van der Waals surface area (Å²) in [6.07, 6.45) is 0. The fourth-order valence-corrected chi connectivity index (χ4v) is 8.89. The number of thiophene rings is 1. The van der Waals surface area contributed by atoms with E-state index in [9.17, 15) is 0 Å². The van der Waals surface area contributed by atoms with Gasteiger partial charge in [-0.25, -0.2) is 9.97 Å². The smallest absolute Gasteiger partial charge is 0.161 e. The van der Waals surface area contributed by atoms with E-state index in [0.717, 1.165) is 61.1 Å². The standard InChI is InChI=1S/C48H28N2OS/c1-2-11-30(12-3-1)41-28-42(33-21-22-36-32(24-33)19-18-29-10-4-5-13-35(29)36)50-48(49-41)40-25-34(26-44-47(40)39-15-6-8-16-43(39)51-44)31-20-23-38-37-14-7-9-17-45(37)52-46(38)27-31/h1-28H. The van der Waals surface area contributed by atoms with Crippen molar-refractivity contribution in [3.8, 4) is 45.0 Å². The molecule has 3 aromatic heterocycles. The molecular weight excluding hydrogens is 653 g/mol. The Bertz CT molecular complexity index is 3190. The van der Waals surface area contributed by atoms with Gasteiger partial charge < -0.3 is 4.42 Å². The Hall–Kier alpha value is -6.62. The highest BCUT2D eigenvalue weighted by Crippen LogP contribution is 2.42. The molecule has 0 aliphatic rings. The molecule has 3 nitrogen and oxygen atoms in total. The molecule has 11 rings (SSSR count). The number of hydrogen-bond donors (Lipinski definition) is 0. The average Bonchev–Trinajstić information content (AvgIpc) is 3.78. The third kappa shape index (κ3) is 4.65. The van der Waals surface area contributed by atoms with Gasteiger partial charge in [-0.1, -0.05) is 127 Å². The second kappa shape index (κ2) is 11.5. The molecule has 0 bridgehead atoms. The van der Waals surface area contributed by atoms with Gasteiger partial charge in [0.2, 0.25) is 0 Å². The van der Waals surface area contributed by atoms with E-state index < -0.39 is 0 Å². The van der Waals surface area contributed by atoms with Crippen LogP contribution in [0.4, 0.5) is 0 Å². The van der Waals surface area contributed by atoms with Gasteiger partial charge in [0.15, 0.2) is 5.82 Å². The summed E-state index contributed by atoms with van der Waals surface area (Å²) in [5, 5.41) is 9.54. The number of rotatable bonds is 4. The lowest BCUT2D eigenvalue weighted by Crippen LogP contribution is -1.97. The maximum atomic E-state index is 6.57. The molecule has 8 aromatic carbocycles. The van der Waals surface area contributed by atoms with Gasteiger partial charge in [-0.2, -0.15) is 0 Å². The zero-order valence-electron chi connectivity index (χ0n) is 27.9. The van der Waals surface area contributed by atoms with Crippen molar-refractivity contribution in [3.63, 3.8) is 0 Å². The van der Waals surface area contributed by atoms with Crippen molar-refractivity contribution in [3.05, 3.63) is 170 Å². The highest BCUT2D eigenvalue weighted by atomic mass is 32.1. The molecular formula is C48H28N2OS. The van der Waals surface area contributed by atoms with Crippen LogP contribution in [0.2, 0.25) is 0 Å². The fourth-order valence-electron chi connectivity index (χ4n) is 7.75. The van der Waals surface area contributed by atoms with Crippen molar-refractivity contribution in [1.29, 1.82) is 0 Å². The second-order valence-corrected chi connectivity index (χ2v) is 14.4. The minimum Gasteiger partial charge on any atom is -0.456 e. The normalized spacial score (nSPS) is 11.8. The first-order chi connectivity index (χ1) is 25.7. The Morgan fingerprint density at radius 3 is 1.96 bits per heavy atom. The number of nitrogens with zero attached hydrogens (tertiary/aromatic N) is 2. The molecule has 0 unspecified atom stereocenters. The Kier molecular flexibility index (Phi) is 6.42. The summed E-state index contributed by atoms with van der Waals surface area (Å²) in [5.74, 6) is 0.663. The molecule has 52 heavy (non-hydrogen) atoms. The van der Waals surface area contributed by atoms with Gasteiger partial charge in [-0.3, -0.25) is 0 Å². The van der Waals surface area contributed by atoms with Gasteiger partial charge in [-0.15, -0.1) is 11.3 Å². The first kappa shape index (κ1) is 29.1. The third-order valence-electron chi connectivity index (χ3n) is 10.3. The lowest BCUT2D eigenvalue weighted by molar-refractivity contribution is 0.669. The van der Waals surface area contributed by atoms with Crippen LogP contribution < -0.4 is 0 Å². The Morgan fingerprint density at radius 1 is 0.385 bits per heavy atom. The monoisotopic (exact) mass is 680 g/mol. The van der Waals surface area contributed by atoms with E-state index in [0.29, 0.717) is 5.82 Å². The minimum atomic E-state index is 0.663. The van der Waals surface area contributed by atoms with Crippen LogP contribution >= 0.6 is 11.3 Å². The molecule has 0 amide bonds. The summed E-state index contributed by atoms with van der Waals surface area (Å²) in [6.45, 7) is 0. The molecule has 0 aliphatic carbocycles. The van der Waals surface area contributed by atoms with Crippen molar-refractivity contribution in [2.75, 3.05) is 0 Å². The summed E-state index contributed by atoms with van der Waals surface area (Å²) < 4.78 is 9.13. The molecule has 242 valence electrons. The summed E-state index contributed by atoms with van der Waals surface area (Å²) in [6, 6.07) is 60.2. The molecule has 3 heterocycles. The fraction of sp³-hybridized carbons (Fsp3) is 0. The first-order valence-corrected chi connectivity index (χ1v) is 18.3. The number of furan rings is 1. The zero-order chi connectivity index (χ0) is 34.2. The maximum absolute atomic E-state index is 6.57. The van der Waals surface area contributed by atoms with E-state index in [2.05, 4.69) is 152 Å². The van der Waals surface area contributed by atoms with Crippen LogP contribution in [-0.4, -0.2) is 9.97 Å². The Morgan fingerprint density at radius 2 is 1.06 bits per heavy atom. The van der Waals surface area contributed by atoms with Gasteiger partial charge in [-0.05, 0) is 75.1 Å². The quantitative estimate of drug-likeness (QED) is 0.174. The summed E-state index contributed by atoms with van der Waals surface area (Å²) in [7, 11) is 0. The molecule has 0 atom stereocenters. The highest BCUT2D eigenvalue weighted by molar-refractivity contribution is 7.25. The molecule has 0 fully saturated rings. The minimum absolute atomic E-state index is 0.663. The van der Waals surface area contributed by atoms with Crippen molar-refractivity contribution >= 4 is 75.0 Å². The van der Waals surface area contributed by atoms with Gasteiger partial charge in [0.05, 0.1) is 11.4 Å². The summed E-state index contributed by atoms with van der Waals surface area (Å²) in [5.41, 5.74) is 8.63. The van der Waals surface area contributed by atoms with E-state index >= 15 is 0 Å². The lowest BCUT2D eigenvalue weighted by Gasteiger charge is -2.13. The van der Waals surface area contributed by atoms with Gasteiger partial charge in [0, 0.05) is 47.6 Å². The van der Waals surface area contributed by atoms with Crippen LogP contribution in [0.3, 0.4) is 0 Å². The van der Waals surface area contributed by atoms with Crippen LogP contribution in [-0.2, 0) is 0 Å². The highest BCUT2D eigenvalue weighted by Gasteiger charge is 2.20. The van der Waals surface area contributed by atoms with Crippen LogP contribution in [0.15, 0.2) is 174 Å². The molecule has 0 saturated carbocycles. The lowest BCUT2D eigenvalue weighted by atomic mass is 9.96. The van der Waals surface area contributed by atoms with Crippen molar-refractivity contribution in [2.24, 2.45) is 0 Å². The van der Waals surface area contributed by atoms with Crippen molar-refractivity contribution in [1.82, 2.24) is 9.97 Å². The zero-order valence-corrected chi connectivity index (χ0v) is 28.7. The summed E-state index contributed by atoms with van der Waals surface area (Å²) >= 11 is 1.83. The number of para-hydroxylation sites is 1. The van der Waals surface area contributed by atoms with Crippen LogP contribution in [0, 0.1) is 0 Å². The number of hydrogen-bond acceptors (Lipinski definition) is 4. The number of aromatic nitrogens is 2. The molecule has 4 heteroatoms. The van der Waals surface area contributed by atoms with Gasteiger partial charge in [0.1, 0.15) is 11.2 Å². The SMILES string of the molecule is c1ccc(-c2cc(-c3ccc4c(ccc5ccccc54)c3)nc(-c3cc(-c4ccc5c(c4)sc4ccccc45)cc4oc5ccccc5c34)n2)cc1. The molecule has 0 aliphatic heterocycles. The predicted octanol–water partition coefficient (Wildman–Crippen LogP) is 13.7. The van der Waals surface area contributed by atoms with Gasteiger partial charge in [0.25, 0.3) is 0 Å². The second-order valence-electron chi connectivity index (χ2n) is 13.4. The molecule has 11 aromatic rings. The maximum Gasteiger partial charge on any atom is 0.161 e. The van der Waals surface area contributed by atoms with Crippen molar-refractivity contribution < 1.29 is 4.42 Å². The van der Waals surface area contributed by atoms with E-state index in [1.165, 1.54) is 41.7 Å². The average molecular weight is 681 g/mol. The van der Waals surface area contributed by atoms with E-state index in [1.54, 1.807) is 0 Å². The van der Waals surface area contributed by atoms with Crippen LogP contribution in [0.25, 0.3) is 109 Å². The Labute approximate surface area is 303 Å². The first-order valence-electron chi connectivity index (χ1n) is 17.5. The number of fused-ring (bicyclic) bond motifs is 9. The molecule has 0 radical (unpaired) electrons. The molecule has 0 N–H and O–H groups in total. The summed E-state index contributed by atoms with van der Waals surface area (Å²) in [4.78, 5) is 10.7. The van der Waals surface area contributed by atoms with Gasteiger partial charge >= 0.3 is 0 Å². The van der Waals surface area contributed by atoms with E-state index in [-0.39, 0.29) is 0 Å². The van der Waals surface area contributed by atoms with Crippen molar-refractivity contribution in [2.45, 2.75) is 0 Å². The largest absolute Gasteiger partial charge is 0.456 e. The van der Waals surface area contributed by atoms with Crippen LogP contribution in [0.5, 0.6) is 0 Å². The van der Waals surface area contributed by atoms with E-state index in [1.807, 2.05) is 29.5 Å². The third-order valence-corrected chi connectivity index (χ3v) is 11.4. The number of benzene rings is 8. The molecule has 0 spiro atoms.